The third kappa shape index (κ3) is 5.37. The third-order valence-electron chi connectivity index (χ3n) is 3.39. The van der Waals surface area contributed by atoms with Crippen LogP contribution in [-0.2, 0) is 4.79 Å². The van der Waals surface area contributed by atoms with Crippen LogP contribution in [0, 0.1) is 0 Å². The number of benzene rings is 2. The lowest BCUT2D eigenvalue weighted by atomic mass is 10.1. The van der Waals surface area contributed by atoms with Crippen LogP contribution in [0.1, 0.15) is 25.5 Å². The van der Waals surface area contributed by atoms with E-state index >= 15 is 0 Å². The number of nitrogens with one attached hydrogen (secondary N) is 2. The van der Waals surface area contributed by atoms with Gasteiger partial charge in [0.1, 0.15) is 5.75 Å². The maximum atomic E-state index is 12.0. The zero-order valence-corrected chi connectivity index (χ0v) is 14.9. The minimum Gasteiger partial charge on any atom is -0.494 e. The van der Waals surface area contributed by atoms with Crippen LogP contribution in [0.15, 0.2) is 53.0 Å². The van der Waals surface area contributed by atoms with Crippen molar-refractivity contribution in [2.24, 2.45) is 0 Å². The fourth-order valence-electron chi connectivity index (χ4n) is 2.19. The fraction of sp³-hybridized carbons (Fsp3) is 0.278. The molecular formula is C18H21BrN2O2. The third-order valence-corrected chi connectivity index (χ3v) is 4.11. The van der Waals surface area contributed by atoms with Crippen molar-refractivity contribution in [3.63, 3.8) is 0 Å². The first kappa shape index (κ1) is 17.5. The molecule has 2 aromatic rings. The van der Waals surface area contributed by atoms with E-state index in [1.165, 1.54) is 0 Å². The second kappa shape index (κ2) is 8.70. The molecule has 0 saturated heterocycles. The highest BCUT2D eigenvalue weighted by atomic mass is 79.9. The molecule has 2 rings (SSSR count). The summed E-state index contributed by atoms with van der Waals surface area (Å²) in [6, 6.07) is 15.4. The molecule has 0 heterocycles. The highest BCUT2D eigenvalue weighted by Gasteiger charge is 2.10. The Kier molecular flexibility index (Phi) is 6.62. The highest BCUT2D eigenvalue weighted by Crippen LogP contribution is 2.22. The van der Waals surface area contributed by atoms with E-state index in [9.17, 15) is 4.79 Å². The van der Waals surface area contributed by atoms with Gasteiger partial charge in [-0.1, -0.05) is 34.1 Å². The molecule has 23 heavy (non-hydrogen) atoms. The largest absolute Gasteiger partial charge is 0.494 e. The van der Waals surface area contributed by atoms with Gasteiger partial charge in [-0.25, -0.2) is 0 Å². The minimum atomic E-state index is -0.0759. The van der Waals surface area contributed by atoms with E-state index in [-0.39, 0.29) is 18.5 Å². The molecule has 0 aliphatic heterocycles. The minimum absolute atomic E-state index is 0.0759. The molecule has 0 fully saturated rings. The summed E-state index contributed by atoms with van der Waals surface area (Å²) in [5.41, 5.74) is 1.88. The van der Waals surface area contributed by atoms with Crippen LogP contribution in [0.4, 0.5) is 5.69 Å². The quantitative estimate of drug-likeness (QED) is 0.763. The SMILES string of the molecule is CCOc1ccc(NC(=O)CNC(C)c2ccccc2Br)cc1. The molecule has 4 nitrogen and oxygen atoms in total. The standard InChI is InChI=1S/C18H21BrN2O2/c1-3-23-15-10-8-14(9-11-15)21-18(22)12-20-13(2)16-6-4-5-7-17(16)19/h4-11,13,20H,3,12H2,1-2H3,(H,21,22). The summed E-state index contributed by atoms with van der Waals surface area (Å²) in [5.74, 6) is 0.722. The number of carbonyl (C=O) groups excluding carboxylic acids is 1. The summed E-state index contributed by atoms with van der Waals surface area (Å²) in [6.07, 6.45) is 0. The van der Waals surface area contributed by atoms with Crippen molar-refractivity contribution < 1.29 is 9.53 Å². The molecule has 0 saturated carbocycles. The van der Waals surface area contributed by atoms with Gasteiger partial charge >= 0.3 is 0 Å². The van der Waals surface area contributed by atoms with E-state index in [1.54, 1.807) is 0 Å². The van der Waals surface area contributed by atoms with E-state index in [4.69, 9.17) is 4.74 Å². The number of carbonyl (C=O) groups is 1. The van der Waals surface area contributed by atoms with E-state index in [0.717, 1.165) is 21.5 Å². The Hall–Kier alpha value is -1.85. The van der Waals surface area contributed by atoms with Gasteiger partial charge in [0.15, 0.2) is 0 Å². The first-order valence-electron chi connectivity index (χ1n) is 7.60. The fourth-order valence-corrected chi connectivity index (χ4v) is 2.82. The van der Waals surface area contributed by atoms with Crippen LogP contribution in [-0.4, -0.2) is 19.1 Å². The second-order valence-corrected chi connectivity index (χ2v) is 5.98. The van der Waals surface area contributed by atoms with E-state index in [1.807, 2.05) is 62.4 Å². The number of hydrogen-bond donors (Lipinski definition) is 2. The first-order valence-corrected chi connectivity index (χ1v) is 8.40. The van der Waals surface area contributed by atoms with Crippen molar-refractivity contribution >= 4 is 27.5 Å². The Morgan fingerprint density at radius 2 is 1.87 bits per heavy atom. The lowest BCUT2D eigenvalue weighted by molar-refractivity contribution is -0.115. The molecular weight excluding hydrogens is 356 g/mol. The predicted molar refractivity (Wildman–Crippen MR) is 96.8 cm³/mol. The summed E-state index contributed by atoms with van der Waals surface area (Å²) in [4.78, 5) is 12.0. The Balaban J connectivity index is 1.84. The zero-order chi connectivity index (χ0) is 16.7. The number of halogens is 1. The molecule has 0 spiro atoms. The number of rotatable bonds is 7. The summed E-state index contributed by atoms with van der Waals surface area (Å²) < 4.78 is 6.41. The van der Waals surface area contributed by atoms with Crippen LogP contribution in [0.5, 0.6) is 5.75 Å². The second-order valence-electron chi connectivity index (χ2n) is 5.13. The molecule has 2 N–H and O–H groups in total. The molecule has 1 atom stereocenters. The Bertz CT molecular complexity index is 644. The molecule has 0 radical (unpaired) electrons. The van der Waals surface area contributed by atoms with Crippen LogP contribution >= 0.6 is 15.9 Å². The van der Waals surface area contributed by atoms with Crippen LogP contribution in [0.3, 0.4) is 0 Å². The predicted octanol–water partition coefficient (Wildman–Crippen LogP) is 4.14. The molecule has 0 aromatic heterocycles. The average Bonchev–Trinajstić information content (AvgIpc) is 2.55. The number of ether oxygens (including phenoxy) is 1. The molecule has 1 amide bonds. The number of hydrogen-bond acceptors (Lipinski definition) is 3. The summed E-state index contributed by atoms with van der Waals surface area (Å²) in [5, 5.41) is 6.09. The number of amides is 1. The van der Waals surface area contributed by atoms with Crippen LogP contribution in [0.2, 0.25) is 0 Å². The molecule has 1 unspecified atom stereocenters. The van der Waals surface area contributed by atoms with Crippen LogP contribution < -0.4 is 15.4 Å². The summed E-state index contributed by atoms with van der Waals surface area (Å²) >= 11 is 3.52. The number of anilines is 1. The van der Waals surface area contributed by atoms with Crippen molar-refractivity contribution in [2.45, 2.75) is 19.9 Å². The van der Waals surface area contributed by atoms with Crippen molar-refractivity contribution in [3.05, 3.63) is 58.6 Å². The van der Waals surface area contributed by atoms with Gasteiger partial charge in [-0.15, -0.1) is 0 Å². The monoisotopic (exact) mass is 376 g/mol. The zero-order valence-electron chi connectivity index (χ0n) is 13.3. The normalized spacial score (nSPS) is 11.8. The summed E-state index contributed by atoms with van der Waals surface area (Å²) in [7, 11) is 0. The van der Waals surface area contributed by atoms with Gasteiger partial charge in [-0.2, -0.15) is 0 Å². The van der Waals surface area contributed by atoms with Gasteiger partial charge in [0, 0.05) is 16.2 Å². The van der Waals surface area contributed by atoms with E-state index in [0.29, 0.717) is 6.61 Å². The summed E-state index contributed by atoms with van der Waals surface area (Å²) in [6.45, 7) is 4.84. The van der Waals surface area contributed by atoms with Gasteiger partial charge in [0.2, 0.25) is 5.91 Å². The topological polar surface area (TPSA) is 50.4 Å². The molecule has 0 bridgehead atoms. The van der Waals surface area contributed by atoms with Crippen LogP contribution in [0.25, 0.3) is 0 Å². The van der Waals surface area contributed by atoms with E-state index < -0.39 is 0 Å². The maximum absolute atomic E-state index is 12.0. The molecule has 0 aliphatic carbocycles. The Labute approximate surface area is 145 Å². The lowest BCUT2D eigenvalue weighted by Crippen LogP contribution is -2.30. The van der Waals surface area contributed by atoms with Gasteiger partial charge < -0.3 is 15.4 Å². The molecule has 0 aliphatic rings. The molecule has 5 heteroatoms. The van der Waals surface area contributed by atoms with Crippen molar-refractivity contribution in [2.75, 3.05) is 18.5 Å². The average molecular weight is 377 g/mol. The van der Waals surface area contributed by atoms with Gasteiger partial charge in [-0.3, -0.25) is 4.79 Å². The van der Waals surface area contributed by atoms with Crippen molar-refractivity contribution in [3.8, 4) is 5.75 Å². The maximum Gasteiger partial charge on any atom is 0.238 e. The van der Waals surface area contributed by atoms with Gasteiger partial charge in [0.25, 0.3) is 0 Å². The first-order chi connectivity index (χ1) is 11.1. The van der Waals surface area contributed by atoms with Crippen molar-refractivity contribution in [1.82, 2.24) is 5.32 Å². The van der Waals surface area contributed by atoms with Gasteiger partial charge in [-0.05, 0) is 49.7 Å². The smallest absolute Gasteiger partial charge is 0.238 e. The highest BCUT2D eigenvalue weighted by molar-refractivity contribution is 9.10. The molecule has 122 valence electrons. The Morgan fingerprint density at radius 3 is 2.52 bits per heavy atom. The van der Waals surface area contributed by atoms with Crippen molar-refractivity contribution in [1.29, 1.82) is 0 Å². The molecule has 2 aromatic carbocycles. The van der Waals surface area contributed by atoms with E-state index in [2.05, 4.69) is 26.6 Å². The van der Waals surface area contributed by atoms with Gasteiger partial charge in [0.05, 0.1) is 13.2 Å². The lowest BCUT2D eigenvalue weighted by Gasteiger charge is -2.15. The Morgan fingerprint density at radius 1 is 1.17 bits per heavy atom.